The van der Waals surface area contributed by atoms with Crippen LogP contribution < -0.4 is 10.2 Å². The minimum Gasteiger partial charge on any atom is -0.490 e. The van der Waals surface area contributed by atoms with E-state index in [0.717, 1.165) is 16.7 Å². The lowest BCUT2D eigenvalue weighted by molar-refractivity contribution is 0.0663. The molecular weight excluding hydrogens is 394 g/mol. The number of aryl methyl sites for hydroxylation is 2. The summed E-state index contributed by atoms with van der Waals surface area (Å²) in [7, 11) is 1.58. The summed E-state index contributed by atoms with van der Waals surface area (Å²) in [6, 6.07) is 10.6. The molecule has 2 heterocycles. The largest absolute Gasteiger partial charge is 0.490 e. The molecule has 0 fully saturated rings. The first kappa shape index (κ1) is 20.9. The van der Waals surface area contributed by atoms with Crippen LogP contribution in [0.4, 0.5) is 0 Å². The van der Waals surface area contributed by atoms with Crippen molar-refractivity contribution < 1.29 is 18.7 Å². The van der Waals surface area contributed by atoms with Crippen LogP contribution in [0.25, 0.3) is 11.0 Å². The van der Waals surface area contributed by atoms with Crippen molar-refractivity contribution in [2.24, 2.45) is 0 Å². The third-order valence-corrected chi connectivity index (χ3v) is 5.48. The number of hydrogen-bond donors (Lipinski definition) is 0. The number of fused-ring (bicyclic) bond motifs is 2. The number of rotatable bonds is 7. The molecule has 0 N–H and O–H groups in total. The molecule has 3 aromatic rings. The highest BCUT2D eigenvalue weighted by Gasteiger charge is 2.42. The van der Waals surface area contributed by atoms with E-state index in [-0.39, 0.29) is 17.1 Å². The maximum absolute atomic E-state index is 13.6. The van der Waals surface area contributed by atoms with Crippen molar-refractivity contribution in [2.45, 2.75) is 19.9 Å². The van der Waals surface area contributed by atoms with Crippen LogP contribution in [0.2, 0.25) is 0 Å². The molecular formula is C25H25NO5. The Morgan fingerprint density at radius 3 is 2.74 bits per heavy atom. The normalized spacial score (nSPS) is 15.4. The van der Waals surface area contributed by atoms with E-state index in [1.165, 1.54) is 0 Å². The van der Waals surface area contributed by atoms with Gasteiger partial charge in [0.2, 0.25) is 5.76 Å². The van der Waals surface area contributed by atoms with Crippen molar-refractivity contribution in [1.82, 2.24) is 4.90 Å². The van der Waals surface area contributed by atoms with E-state index in [9.17, 15) is 9.59 Å². The molecule has 0 aliphatic carbocycles. The second kappa shape index (κ2) is 8.40. The first-order valence-corrected chi connectivity index (χ1v) is 10.2. The maximum Gasteiger partial charge on any atom is 0.290 e. The molecule has 160 valence electrons. The Bertz CT molecular complexity index is 1230. The van der Waals surface area contributed by atoms with E-state index in [4.69, 9.17) is 13.9 Å². The molecule has 0 radical (unpaired) electrons. The van der Waals surface area contributed by atoms with E-state index >= 15 is 0 Å². The molecule has 1 aromatic heterocycles. The van der Waals surface area contributed by atoms with Gasteiger partial charge in [-0.1, -0.05) is 30.9 Å². The van der Waals surface area contributed by atoms with E-state index in [2.05, 4.69) is 6.58 Å². The van der Waals surface area contributed by atoms with Gasteiger partial charge in [-0.05, 0) is 48.7 Å². The molecule has 0 bridgehead atoms. The van der Waals surface area contributed by atoms with Crippen LogP contribution in [-0.4, -0.2) is 37.7 Å². The van der Waals surface area contributed by atoms with Gasteiger partial charge in [0.25, 0.3) is 5.91 Å². The fraction of sp³-hybridized carbons (Fsp3) is 0.280. The van der Waals surface area contributed by atoms with Gasteiger partial charge in [0, 0.05) is 13.7 Å². The number of amides is 1. The SMILES string of the molecule is C=CCOc1cccc(C2c3c(oc4c(C)cc(C)cc4c3=O)C(=O)N2CCOC)c1. The lowest BCUT2D eigenvalue weighted by Gasteiger charge is -2.25. The Hall–Kier alpha value is -3.38. The summed E-state index contributed by atoms with van der Waals surface area (Å²) in [5, 5.41) is 0.488. The van der Waals surface area contributed by atoms with Gasteiger partial charge in [0.15, 0.2) is 5.43 Å². The van der Waals surface area contributed by atoms with Crippen molar-refractivity contribution >= 4 is 16.9 Å². The topological polar surface area (TPSA) is 69.0 Å². The standard InChI is InChI=1S/C25H25NO5/c1-5-10-30-18-8-6-7-17(14-18)21-20-22(27)19-13-15(2)12-16(3)23(19)31-24(20)25(28)26(21)9-11-29-4/h5-8,12-14,21H,1,9-11H2,2-4H3. The first-order valence-electron chi connectivity index (χ1n) is 10.2. The molecule has 4 rings (SSSR count). The molecule has 6 heteroatoms. The van der Waals surface area contributed by atoms with Gasteiger partial charge in [0.05, 0.1) is 23.6 Å². The van der Waals surface area contributed by atoms with Crippen LogP contribution in [0.1, 0.15) is 38.9 Å². The number of hydrogen-bond acceptors (Lipinski definition) is 5. The van der Waals surface area contributed by atoms with Gasteiger partial charge in [-0.3, -0.25) is 9.59 Å². The minimum absolute atomic E-state index is 0.1000. The smallest absolute Gasteiger partial charge is 0.290 e. The average Bonchev–Trinajstić information content (AvgIpc) is 3.04. The summed E-state index contributed by atoms with van der Waals surface area (Å²) in [6.07, 6.45) is 1.66. The molecule has 31 heavy (non-hydrogen) atoms. The zero-order valence-electron chi connectivity index (χ0n) is 17.9. The Morgan fingerprint density at radius 1 is 1.19 bits per heavy atom. The third-order valence-electron chi connectivity index (χ3n) is 5.48. The molecule has 1 amide bonds. The quantitative estimate of drug-likeness (QED) is 0.538. The Kier molecular flexibility index (Phi) is 5.65. The van der Waals surface area contributed by atoms with Crippen LogP contribution in [0.5, 0.6) is 5.75 Å². The lowest BCUT2D eigenvalue weighted by atomic mass is 9.97. The zero-order valence-corrected chi connectivity index (χ0v) is 17.9. The van der Waals surface area contributed by atoms with Crippen LogP contribution in [0, 0.1) is 13.8 Å². The minimum atomic E-state index is -0.577. The fourth-order valence-corrected chi connectivity index (χ4v) is 4.17. The predicted octanol–water partition coefficient (Wildman–Crippen LogP) is 4.17. The summed E-state index contributed by atoms with van der Waals surface area (Å²) in [4.78, 5) is 28.6. The van der Waals surface area contributed by atoms with E-state index in [1.54, 1.807) is 18.1 Å². The highest BCUT2D eigenvalue weighted by atomic mass is 16.5. The monoisotopic (exact) mass is 419 g/mol. The van der Waals surface area contributed by atoms with Crippen molar-refractivity contribution in [3.05, 3.63) is 87.3 Å². The number of carbonyl (C=O) groups excluding carboxylic acids is 1. The highest BCUT2D eigenvalue weighted by Crippen LogP contribution is 2.39. The summed E-state index contributed by atoms with van der Waals surface area (Å²) < 4.78 is 17.0. The molecule has 1 atom stereocenters. The van der Waals surface area contributed by atoms with Crippen LogP contribution >= 0.6 is 0 Å². The van der Waals surface area contributed by atoms with Crippen molar-refractivity contribution in [2.75, 3.05) is 26.9 Å². The molecule has 0 saturated carbocycles. The number of carbonyl (C=O) groups is 1. The molecule has 0 spiro atoms. The Morgan fingerprint density at radius 2 is 2.00 bits per heavy atom. The second-order valence-corrected chi connectivity index (χ2v) is 7.70. The second-order valence-electron chi connectivity index (χ2n) is 7.70. The van der Waals surface area contributed by atoms with Gasteiger partial charge in [0.1, 0.15) is 17.9 Å². The summed E-state index contributed by atoms with van der Waals surface area (Å²) >= 11 is 0. The third kappa shape index (κ3) is 3.64. The molecule has 6 nitrogen and oxygen atoms in total. The summed E-state index contributed by atoms with van der Waals surface area (Å²) in [5.74, 6) is 0.429. The first-order chi connectivity index (χ1) is 15.0. The average molecular weight is 419 g/mol. The van der Waals surface area contributed by atoms with E-state index < -0.39 is 6.04 Å². The number of benzene rings is 2. The van der Waals surface area contributed by atoms with Crippen molar-refractivity contribution in [3.63, 3.8) is 0 Å². The van der Waals surface area contributed by atoms with E-state index in [0.29, 0.717) is 42.0 Å². The van der Waals surface area contributed by atoms with Crippen molar-refractivity contribution in [1.29, 1.82) is 0 Å². The highest BCUT2D eigenvalue weighted by molar-refractivity contribution is 5.99. The zero-order chi connectivity index (χ0) is 22.1. The number of nitrogens with zero attached hydrogens (tertiary/aromatic N) is 1. The maximum atomic E-state index is 13.6. The molecule has 1 unspecified atom stereocenters. The predicted molar refractivity (Wildman–Crippen MR) is 119 cm³/mol. The van der Waals surface area contributed by atoms with Gasteiger partial charge in [-0.15, -0.1) is 0 Å². The van der Waals surface area contributed by atoms with Gasteiger partial charge < -0.3 is 18.8 Å². The van der Waals surface area contributed by atoms with Gasteiger partial charge >= 0.3 is 0 Å². The van der Waals surface area contributed by atoms with Crippen LogP contribution in [0.3, 0.4) is 0 Å². The fourth-order valence-electron chi connectivity index (χ4n) is 4.17. The number of methoxy groups -OCH3 is 1. The number of ether oxygens (including phenoxy) is 2. The Balaban J connectivity index is 1.94. The summed E-state index contributed by atoms with van der Waals surface area (Å²) in [5.41, 5.74) is 3.21. The molecule has 0 saturated heterocycles. The van der Waals surface area contributed by atoms with Crippen molar-refractivity contribution in [3.8, 4) is 5.75 Å². The molecule has 1 aliphatic rings. The van der Waals surface area contributed by atoms with Crippen LogP contribution in [0.15, 0.2) is 58.3 Å². The molecule has 1 aliphatic heterocycles. The van der Waals surface area contributed by atoms with Gasteiger partial charge in [-0.25, -0.2) is 0 Å². The van der Waals surface area contributed by atoms with Crippen LogP contribution in [-0.2, 0) is 4.74 Å². The molecule has 2 aromatic carbocycles. The van der Waals surface area contributed by atoms with E-state index in [1.807, 2.05) is 50.2 Å². The summed E-state index contributed by atoms with van der Waals surface area (Å²) in [6.45, 7) is 8.52. The van der Waals surface area contributed by atoms with Gasteiger partial charge in [-0.2, -0.15) is 0 Å². The lowest BCUT2D eigenvalue weighted by Crippen LogP contribution is -2.32. The Labute approximate surface area is 180 Å².